The summed E-state index contributed by atoms with van der Waals surface area (Å²) in [6.45, 7) is 2.81. The van der Waals surface area contributed by atoms with Gasteiger partial charge in [-0.05, 0) is 61.4 Å². The van der Waals surface area contributed by atoms with Crippen molar-refractivity contribution in [1.82, 2.24) is 4.90 Å². The Kier molecular flexibility index (Phi) is 6.16. The van der Waals surface area contributed by atoms with Gasteiger partial charge in [0.1, 0.15) is 11.6 Å². The highest BCUT2D eigenvalue weighted by Crippen LogP contribution is 2.25. The standard InChI is InChI=1S/C25H23F2N3O2/c1-17-6-2-3-9-22(17)24(31)28-20-7-4-8-21(15-20)30-13-5-12-29(25(30)32)16-18-14-19(26)10-11-23(18)27/h2-4,6-11,14-15H,5,12-13,16H2,1H3,(H,28,31). The molecule has 4 rings (SSSR count). The van der Waals surface area contributed by atoms with Crippen molar-refractivity contribution in [3.05, 3.63) is 95.1 Å². The zero-order valence-electron chi connectivity index (χ0n) is 17.6. The highest BCUT2D eigenvalue weighted by molar-refractivity contribution is 6.05. The maximum Gasteiger partial charge on any atom is 0.324 e. The van der Waals surface area contributed by atoms with Crippen molar-refractivity contribution in [3.63, 3.8) is 0 Å². The average molecular weight is 435 g/mol. The molecule has 5 nitrogen and oxygen atoms in total. The molecule has 1 fully saturated rings. The number of halogens is 2. The predicted molar refractivity (Wildman–Crippen MR) is 120 cm³/mol. The van der Waals surface area contributed by atoms with Crippen LogP contribution in [0.1, 0.15) is 27.9 Å². The maximum atomic E-state index is 14.1. The molecule has 0 aromatic heterocycles. The molecule has 3 amide bonds. The van der Waals surface area contributed by atoms with Gasteiger partial charge >= 0.3 is 6.03 Å². The van der Waals surface area contributed by atoms with E-state index >= 15 is 0 Å². The second kappa shape index (κ2) is 9.18. The van der Waals surface area contributed by atoms with E-state index in [1.807, 2.05) is 19.1 Å². The zero-order chi connectivity index (χ0) is 22.7. The quantitative estimate of drug-likeness (QED) is 0.587. The maximum absolute atomic E-state index is 14.1. The molecule has 1 saturated heterocycles. The first-order valence-electron chi connectivity index (χ1n) is 10.4. The molecule has 1 aliphatic heterocycles. The summed E-state index contributed by atoms with van der Waals surface area (Å²) in [5, 5.41) is 2.88. The number of urea groups is 1. The summed E-state index contributed by atoms with van der Waals surface area (Å²) >= 11 is 0. The number of hydrogen-bond acceptors (Lipinski definition) is 2. The normalized spacial score (nSPS) is 13.9. The van der Waals surface area contributed by atoms with Gasteiger partial charge in [0.2, 0.25) is 0 Å². The fraction of sp³-hybridized carbons (Fsp3) is 0.200. The van der Waals surface area contributed by atoms with Crippen molar-refractivity contribution in [2.75, 3.05) is 23.3 Å². The van der Waals surface area contributed by atoms with Crippen LogP contribution in [0, 0.1) is 18.6 Å². The summed E-state index contributed by atoms with van der Waals surface area (Å²) in [6, 6.07) is 17.3. The molecule has 0 atom stereocenters. The lowest BCUT2D eigenvalue weighted by atomic mass is 10.1. The van der Waals surface area contributed by atoms with Gasteiger partial charge in [0.15, 0.2) is 0 Å². The lowest BCUT2D eigenvalue weighted by Crippen LogP contribution is -2.49. The Balaban J connectivity index is 1.51. The Morgan fingerprint density at radius 3 is 2.62 bits per heavy atom. The van der Waals surface area contributed by atoms with Crippen LogP contribution in [0.25, 0.3) is 0 Å². The molecular formula is C25H23F2N3O2. The highest BCUT2D eigenvalue weighted by atomic mass is 19.1. The Hall–Kier alpha value is -3.74. The van der Waals surface area contributed by atoms with Gasteiger partial charge in [-0.3, -0.25) is 9.69 Å². The highest BCUT2D eigenvalue weighted by Gasteiger charge is 2.27. The molecule has 0 spiro atoms. The van der Waals surface area contributed by atoms with Crippen molar-refractivity contribution in [2.45, 2.75) is 19.9 Å². The Bertz CT molecular complexity index is 1170. The lowest BCUT2D eigenvalue weighted by molar-refractivity contribution is 0.102. The van der Waals surface area contributed by atoms with Crippen LogP contribution >= 0.6 is 0 Å². The fourth-order valence-corrected chi connectivity index (χ4v) is 3.82. The molecule has 7 heteroatoms. The fourth-order valence-electron chi connectivity index (χ4n) is 3.82. The van der Waals surface area contributed by atoms with Gasteiger partial charge in [-0.25, -0.2) is 13.6 Å². The van der Waals surface area contributed by atoms with Gasteiger partial charge in [0.25, 0.3) is 5.91 Å². The summed E-state index contributed by atoms with van der Waals surface area (Å²) in [6.07, 6.45) is 0.683. The number of amides is 3. The van der Waals surface area contributed by atoms with E-state index in [1.54, 1.807) is 41.3 Å². The van der Waals surface area contributed by atoms with E-state index in [0.29, 0.717) is 36.4 Å². The minimum Gasteiger partial charge on any atom is -0.322 e. The van der Waals surface area contributed by atoms with E-state index in [2.05, 4.69) is 5.32 Å². The summed E-state index contributed by atoms with van der Waals surface area (Å²) in [7, 11) is 0. The van der Waals surface area contributed by atoms with Crippen LogP contribution in [0.15, 0.2) is 66.7 Å². The molecule has 0 saturated carbocycles. The lowest BCUT2D eigenvalue weighted by Gasteiger charge is -2.36. The minimum atomic E-state index is -0.544. The van der Waals surface area contributed by atoms with Gasteiger partial charge in [-0.15, -0.1) is 0 Å². The second-order valence-electron chi connectivity index (χ2n) is 7.76. The molecule has 1 heterocycles. The number of nitrogens with zero attached hydrogens (tertiary/aromatic N) is 2. The second-order valence-corrected chi connectivity index (χ2v) is 7.76. The van der Waals surface area contributed by atoms with Gasteiger partial charge in [0, 0.05) is 35.6 Å². The van der Waals surface area contributed by atoms with E-state index in [9.17, 15) is 18.4 Å². The summed E-state index contributed by atoms with van der Waals surface area (Å²) < 4.78 is 27.6. The Labute approximate surface area is 185 Å². The molecule has 0 unspecified atom stereocenters. The van der Waals surface area contributed by atoms with E-state index in [-0.39, 0.29) is 24.0 Å². The first kappa shape index (κ1) is 21.5. The minimum absolute atomic E-state index is 0.0113. The monoisotopic (exact) mass is 435 g/mol. The van der Waals surface area contributed by atoms with Crippen LogP contribution in [0.4, 0.5) is 25.0 Å². The molecular weight excluding hydrogens is 412 g/mol. The van der Waals surface area contributed by atoms with E-state index in [1.165, 1.54) is 4.90 Å². The van der Waals surface area contributed by atoms with Crippen LogP contribution in [0.5, 0.6) is 0 Å². The first-order chi connectivity index (χ1) is 15.4. The molecule has 1 aliphatic rings. The molecule has 1 N–H and O–H groups in total. The number of hydrogen-bond donors (Lipinski definition) is 1. The van der Waals surface area contributed by atoms with Crippen LogP contribution in [0.3, 0.4) is 0 Å². The van der Waals surface area contributed by atoms with E-state index < -0.39 is 11.6 Å². The number of anilines is 2. The largest absolute Gasteiger partial charge is 0.324 e. The predicted octanol–water partition coefficient (Wildman–Crippen LogP) is 5.36. The van der Waals surface area contributed by atoms with Gasteiger partial charge in [-0.2, -0.15) is 0 Å². The van der Waals surface area contributed by atoms with Gasteiger partial charge in [-0.1, -0.05) is 24.3 Å². The summed E-state index contributed by atoms with van der Waals surface area (Å²) in [4.78, 5) is 28.8. The van der Waals surface area contributed by atoms with Crippen molar-refractivity contribution >= 4 is 23.3 Å². The third-order valence-electron chi connectivity index (χ3n) is 5.49. The average Bonchev–Trinajstić information content (AvgIpc) is 2.78. The number of aryl methyl sites for hydroxylation is 1. The van der Waals surface area contributed by atoms with Crippen LogP contribution in [-0.2, 0) is 6.54 Å². The molecule has 3 aromatic carbocycles. The molecule has 3 aromatic rings. The van der Waals surface area contributed by atoms with E-state index in [4.69, 9.17) is 0 Å². The first-order valence-corrected chi connectivity index (χ1v) is 10.4. The Morgan fingerprint density at radius 2 is 1.81 bits per heavy atom. The molecule has 0 bridgehead atoms. The van der Waals surface area contributed by atoms with Crippen LogP contribution in [0.2, 0.25) is 0 Å². The molecule has 32 heavy (non-hydrogen) atoms. The third-order valence-corrected chi connectivity index (χ3v) is 5.49. The number of nitrogens with one attached hydrogen (secondary N) is 1. The molecule has 0 aliphatic carbocycles. The number of rotatable bonds is 5. The topological polar surface area (TPSA) is 52.7 Å². The Morgan fingerprint density at radius 1 is 1.00 bits per heavy atom. The molecule has 164 valence electrons. The van der Waals surface area contributed by atoms with Crippen molar-refractivity contribution in [2.24, 2.45) is 0 Å². The zero-order valence-corrected chi connectivity index (χ0v) is 17.6. The van der Waals surface area contributed by atoms with E-state index in [0.717, 1.165) is 23.8 Å². The number of carbonyl (C=O) groups is 2. The van der Waals surface area contributed by atoms with Gasteiger partial charge in [0.05, 0.1) is 6.54 Å². The van der Waals surface area contributed by atoms with Crippen molar-refractivity contribution < 1.29 is 18.4 Å². The smallest absolute Gasteiger partial charge is 0.322 e. The van der Waals surface area contributed by atoms with Crippen LogP contribution in [-0.4, -0.2) is 29.9 Å². The number of carbonyl (C=O) groups excluding carboxylic acids is 2. The summed E-state index contributed by atoms with van der Waals surface area (Å²) in [5.74, 6) is -1.31. The van der Waals surface area contributed by atoms with Crippen molar-refractivity contribution in [1.29, 1.82) is 0 Å². The SMILES string of the molecule is Cc1ccccc1C(=O)Nc1cccc(N2CCCN(Cc3cc(F)ccc3F)C2=O)c1. The van der Waals surface area contributed by atoms with Crippen LogP contribution < -0.4 is 10.2 Å². The summed E-state index contributed by atoms with van der Waals surface area (Å²) in [5.41, 5.74) is 2.78. The number of benzene rings is 3. The van der Waals surface area contributed by atoms with Gasteiger partial charge < -0.3 is 10.2 Å². The molecule has 0 radical (unpaired) electrons. The third kappa shape index (κ3) is 4.61. The van der Waals surface area contributed by atoms with Crippen molar-refractivity contribution in [3.8, 4) is 0 Å².